The molecule has 0 saturated carbocycles. The Morgan fingerprint density at radius 2 is 2.05 bits per heavy atom. The maximum atomic E-state index is 11.3. The number of nitrogens with zero attached hydrogens (tertiary/aromatic N) is 2. The first-order chi connectivity index (χ1) is 9.69. The summed E-state index contributed by atoms with van der Waals surface area (Å²) >= 11 is 8.47. The van der Waals surface area contributed by atoms with Crippen molar-refractivity contribution >= 4 is 49.5 Å². The minimum Gasteiger partial charge on any atom is -0.298 e. The Kier molecular flexibility index (Phi) is 3.87. The molecule has 3 rings (SSSR count). The van der Waals surface area contributed by atoms with E-state index in [1.807, 2.05) is 35.7 Å². The molecule has 0 unspecified atom stereocenters. The number of hydrogen-bond acceptors (Lipinski definition) is 3. The number of thiophene rings is 1. The lowest BCUT2D eigenvalue weighted by Crippen LogP contribution is -1.95. The summed E-state index contributed by atoms with van der Waals surface area (Å²) in [6.45, 7) is 0. The fraction of sp³-hybridized carbons (Fsp3) is 0. The lowest BCUT2D eigenvalue weighted by Gasteiger charge is -2.03. The summed E-state index contributed by atoms with van der Waals surface area (Å²) in [5, 5.41) is 6.51. The number of carbonyl (C=O) groups excluding carboxylic acids is 1. The Hall–Kier alpha value is -1.24. The highest BCUT2D eigenvalue weighted by molar-refractivity contribution is 9.10. The molecule has 0 N–H and O–H groups in total. The summed E-state index contributed by atoms with van der Waals surface area (Å²) in [6, 6.07) is 9.72. The first kappa shape index (κ1) is 13.7. The van der Waals surface area contributed by atoms with Crippen LogP contribution < -0.4 is 0 Å². The minimum atomic E-state index is 0.579. The standard InChI is InChI=1S/C14H8Br2N2OS/c15-10-5-13(20-8-10)14-9(7-19)6-18(17-14)12-4-2-1-3-11(12)16/h1-8H. The van der Waals surface area contributed by atoms with Crippen molar-refractivity contribution in [1.82, 2.24) is 9.78 Å². The van der Waals surface area contributed by atoms with Crippen LogP contribution in [0.3, 0.4) is 0 Å². The van der Waals surface area contributed by atoms with Crippen LogP contribution in [0.2, 0.25) is 0 Å². The average Bonchev–Trinajstić information content (AvgIpc) is 3.05. The van der Waals surface area contributed by atoms with Gasteiger partial charge in [0.05, 0.1) is 16.1 Å². The van der Waals surface area contributed by atoms with Crippen LogP contribution in [0.1, 0.15) is 10.4 Å². The number of halogens is 2. The molecule has 6 heteroatoms. The lowest BCUT2D eigenvalue weighted by molar-refractivity contribution is 0.112. The molecule has 0 spiro atoms. The lowest BCUT2D eigenvalue weighted by atomic mass is 10.2. The second-order valence-electron chi connectivity index (χ2n) is 4.08. The van der Waals surface area contributed by atoms with Gasteiger partial charge in [-0.3, -0.25) is 4.79 Å². The molecule has 2 aromatic heterocycles. The van der Waals surface area contributed by atoms with Gasteiger partial charge in [0.2, 0.25) is 0 Å². The number of para-hydroxylation sites is 1. The van der Waals surface area contributed by atoms with Crippen LogP contribution in [0.5, 0.6) is 0 Å². The van der Waals surface area contributed by atoms with Gasteiger partial charge in [0.1, 0.15) is 5.69 Å². The Bertz CT molecular complexity index is 779. The van der Waals surface area contributed by atoms with Crippen molar-refractivity contribution in [2.45, 2.75) is 0 Å². The van der Waals surface area contributed by atoms with Crippen LogP contribution >= 0.6 is 43.2 Å². The summed E-state index contributed by atoms with van der Waals surface area (Å²) in [5.74, 6) is 0. The zero-order chi connectivity index (χ0) is 14.1. The molecular weight excluding hydrogens is 404 g/mol. The molecule has 0 aliphatic heterocycles. The molecule has 0 radical (unpaired) electrons. The average molecular weight is 412 g/mol. The van der Waals surface area contributed by atoms with E-state index in [9.17, 15) is 4.79 Å². The third-order valence-corrected chi connectivity index (χ3v) is 5.14. The van der Waals surface area contributed by atoms with Gasteiger partial charge in [0.25, 0.3) is 0 Å². The maximum absolute atomic E-state index is 11.3. The molecule has 0 aliphatic carbocycles. The van der Waals surface area contributed by atoms with Crippen LogP contribution in [0, 0.1) is 0 Å². The summed E-state index contributed by atoms with van der Waals surface area (Å²) in [7, 11) is 0. The number of benzene rings is 1. The molecule has 1 aromatic carbocycles. The van der Waals surface area contributed by atoms with Crippen molar-refractivity contribution in [1.29, 1.82) is 0 Å². The smallest absolute Gasteiger partial charge is 0.153 e. The molecule has 0 bridgehead atoms. The van der Waals surface area contributed by atoms with Crippen LogP contribution in [0.4, 0.5) is 0 Å². The largest absolute Gasteiger partial charge is 0.298 e. The highest BCUT2D eigenvalue weighted by Crippen LogP contribution is 2.31. The molecule has 0 aliphatic rings. The van der Waals surface area contributed by atoms with E-state index in [0.29, 0.717) is 11.3 Å². The molecule has 0 amide bonds. The minimum absolute atomic E-state index is 0.579. The zero-order valence-electron chi connectivity index (χ0n) is 10.1. The van der Waals surface area contributed by atoms with Crippen molar-refractivity contribution in [3.63, 3.8) is 0 Å². The zero-order valence-corrected chi connectivity index (χ0v) is 14.1. The second kappa shape index (κ2) is 5.63. The van der Waals surface area contributed by atoms with Crippen LogP contribution in [0.25, 0.3) is 16.3 Å². The molecule has 2 heterocycles. The van der Waals surface area contributed by atoms with E-state index in [4.69, 9.17) is 0 Å². The Labute approximate surface area is 136 Å². The highest BCUT2D eigenvalue weighted by atomic mass is 79.9. The Morgan fingerprint density at radius 3 is 2.70 bits per heavy atom. The van der Waals surface area contributed by atoms with E-state index in [1.54, 1.807) is 22.2 Å². The summed E-state index contributed by atoms with van der Waals surface area (Å²) in [5.41, 5.74) is 2.18. The molecule has 3 nitrogen and oxygen atoms in total. The van der Waals surface area contributed by atoms with Crippen molar-refractivity contribution in [3.8, 4) is 16.3 Å². The molecular formula is C14H8Br2N2OS. The number of hydrogen-bond donors (Lipinski definition) is 0. The van der Waals surface area contributed by atoms with Crippen molar-refractivity contribution < 1.29 is 4.79 Å². The van der Waals surface area contributed by atoms with E-state index in [2.05, 4.69) is 37.0 Å². The van der Waals surface area contributed by atoms with Gasteiger partial charge in [-0.05, 0) is 50.1 Å². The van der Waals surface area contributed by atoms with Crippen LogP contribution in [-0.2, 0) is 0 Å². The van der Waals surface area contributed by atoms with Crippen LogP contribution in [0.15, 0.2) is 50.9 Å². The third kappa shape index (κ3) is 2.51. The fourth-order valence-corrected chi connectivity index (χ4v) is 3.76. The first-order valence-corrected chi connectivity index (χ1v) is 8.20. The van der Waals surface area contributed by atoms with Gasteiger partial charge in [0, 0.05) is 20.5 Å². The normalized spacial score (nSPS) is 10.7. The van der Waals surface area contributed by atoms with Crippen molar-refractivity contribution in [2.75, 3.05) is 0 Å². The predicted octanol–water partition coefficient (Wildman–Crippen LogP) is 4.94. The quantitative estimate of drug-likeness (QED) is 0.572. The Balaban J connectivity index is 2.14. The van der Waals surface area contributed by atoms with Crippen molar-refractivity contribution in [3.05, 3.63) is 56.4 Å². The summed E-state index contributed by atoms with van der Waals surface area (Å²) in [4.78, 5) is 12.2. The monoisotopic (exact) mass is 410 g/mol. The maximum Gasteiger partial charge on any atom is 0.153 e. The third-order valence-electron chi connectivity index (χ3n) is 2.77. The van der Waals surface area contributed by atoms with E-state index < -0.39 is 0 Å². The molecule has 0 saturated heterocycles. The van der Waals surface area contributed by atoms with Gasteiger partial charge in [-0.25, -0.2) is 4.68 Å². The van der Waals surface area contributed by atoms with Crippen molar-refractivity contribution in [2.24, 2.45) is 0 Å². The summed E-state index contributed by atoms with van der Waals surface area (Å²) < 4.78 is 3.64. The number of carbonyl (C=O) groups is 1. The predicted molar refractivity (Wildman–Crippen MR) is 87.7 cm³/mol. The number of aromatic nitrogens is 2. The van der Waals surface area contributed by atoms with E-state index >= 15 is 0 Å². The van der Waals surface area contributed by atoms with E-state index in [-0.39, 0.29) is 0 Å². The van der Waals surface area contributed by atoms with Gasteiger partial charge in [0.15, 0.2) is 6.29 Å². The Morgan fingerprint density at radius 1 is 1.25 bits per heavy atom. The molecule has 20 heavy (non-hydrogen) atoms. The van der Waals surface area contributed by atoms with Gasteiger partial charge in [-0.2, -0.15) is 5.10 Å². The molecule has 100 valence electrons. The molecule has 3 aromatic rings. The van der Waals surface area contributed by atoms with Gasteiger partial charge >= 0.3 is 0 Å². The molecule has 0 fully saturated rings. The molecule has 0 atom stereocenters. The SMILES string of the molecule is O=Cc1cn(-c2ccccc2Br)nc1-c1cc(Br)cs1. The van der Waals surface area contributed by atoms with Crippen LogP contribution in [-0.4, -0.2) is 16.1 Å². The highest BCUT2D eigenvalue weighted by Gasteiger charge is 2.14. The van der Waals surface area contributed by atoms with Gasteiger partial charge in [-0.1, -0.05) is 12.1 Å². The second-order valence-corrected chi connectivity index (χ2v) is 6.76. The first-order valence-electron chi connectivity index (χ1n) is 5.73. The van der Waals surface area contributed by atoms with E-state index in [0.717, 1.165) is 25.8 Å². The number of aldehydes is 1. The topological polar surface area (TPSA) is 34.9 Å². The van der Waals surface area contributed by atoms with E-state index in [1.165, 1.54) is 0 Å². The number of rotatable bonds is 3. The van der Waals surface area contributed by atoms with Gasteiger partial charge < -0.3 is 0 Å². The summed E-state index contributed by atoms with van der Waals surface area (Å²) in [6.07, 6.45) is 2.58. The van der Waals surface area contributed by atoms with Gasteiger partial charge in [-0.15, -0.1) is 11.3 Å². The fourth-order valence-electron chi connectivity index (χ4n) is 1.86.